The van der Waals surface area contributed by atoms with Crippen molar-refractivity contribution >= 4 is 17.3 Å². The number of alkyl halides is 3. The van der Waals surface area contributed by atoms with Crippen LogP contribution in [0.5, 0.6) is 0 Å². The second kappa shape index (κ2) is 7.33. The first-order valence-electron chi connectivity index (χ1n) is 7.50. The van der Waals surface area contributed by atoms with Gasteiger partial charge in [-0.25, -0.2) is 0 Å². The number of amides is 1. The molecule has 2 rings (SSSR count). The van der Waals surface area contributed by atoms with Gasteiger partial charge in [-0.05, 0) is 49.7 Å². The zero-order chi connectivity index (χ0) is 17.7. The van der Waals surface area contributed by atoms with Gasteiger partial charge < -0.3 is 10.6 Å². The smallest absolute Gasteiger partial charge is 0.382 e. The first-order valence-corrected chi connectivity index (χ1v) is 7.50. The third kappa shape index (κ3) is 4.71. The largest absolute Gasteiger partial charge is 0.416 e. The lowest BCUT2D eigenvalue weighted by Gasteiger charge is -2.13. The fourth-order valence-corrected chi connectivity index (χ4v) is 1.97. The molecule has 0 fully saturated rings. The normalized spacial score (nSPS) is 12.5. The Morgan fingerprint density at radius 2 is 1.83 bits per heavy atom. The van der Waals surface area contributed by atoms with Crippen LogP contribution in [0.25, 0.3) is 0 Å². The maximum absolute atomic E-state index is 12.5. The number of hydrogen-bond acceptors (Lipinski definition) is 3. The Kier molecular flexibility index (Phi) is 5.43. The molecule has 1 amide bonds. The SMILES string of the molecule is CCC(C)Nc1ccnc(C(=O)Nc2ccc(C(F)(F)F)cc2)c1. The Labute approximate surface area is 138 Å². The third-order valence-electron chi connectivity index (χ3n) is 3.49. The number of carbonyl (C=O) groups excluding carboxylic acids is 1. The molecule has 0 saturated carbocycles. The number of aromatic nitrogens is 1. The fraction of sp³-hybridized carbons (Fsp3) is 0.294. The third-order valence-corrected chi connectivity index (χ3v) is 3.49. The number of benzene rings is 1. The second-order valence-electron chi connectivity index (χ2n) is 5.41. The quantitative estimate of drug-likeness (QED) is 0.841. The van der Waals surface area contributed by atoms with Crippen LogP contribution < -0.4 is 10.6 Å². The molecular formula is C17H18F3N3O. The number of pyridine rings is 1. The zero-order valence-electron chi connectivity index (χ0n) is 13.3. The first-order chi connectivity index (χ1) is 11.3. The van der Waals surface area contributed by atoms with E-state index in [0.717, 1.165) is 24.2 Å². The summed E-state index contributed by atoms with van der Waals surface area (Å²) in [5.74, 6) is -0.484. The van der Waals surface area contributed by atoms with Crippen molar-refractivity contribution in [1.82, 2.24) is 4.98 Å². The molecule has 1 aromatic carbocycles. The molecule has 0 saturated heterocycles. The summed E-state index contributed by atoms with van der Waals surface area (Å²) < 4.78 is 37.6. The molecule has 0 spiro atoms. The van der Waals surface area contributed by atoms with Gasteiger partial charge >= 0.3 is 6.18 Å². The van der Waals surface area contributed by atoms with E-state index < -0.39 is 17.6 Å². The maximum atomic E-state index is 12.5. The molecule has 1 aromatic heterocycles. The van der Waals surface area contributed by atoms with Crippen molar-refractivity contribution in [2.75, 3.05) is 10.6 Å². The highest BCUT2D eigenvalue weighted by atomic mass is 19.4. The van der Waals surface area contributed by atoms with Gasteiger partial charge in [-0.2, -0.15) is 13.2 Å². The van der Waals surface area contributed by atoms with Gasteiger partial charge in [-0.3, -0.25) is 9.78 Å². The highest BCUT2D eigenvalue weighted by molar-refractivity contribution is 6.03. The lowest BCUT2D eigenvalue weighted by atomic mass is 10.2. The minimum absolute atomic E-state index is 0.184. The van der Waals surface area contributed by atoms with E-state index in [-0.39, 0.29) is 17.4 Å². The molecule has 4 nitrogen and oxygen atoms in total. The van der Waals surface area contributed by atoms with Crippen LogP contribution in [0, 0.1) is 0 Å². The average Bonchev–Trinajstić information content (AvgIpc) is 2.54. The Morgan fingerprint density at radius 3 is 2.42 bits per heavy atom. The molecule has 0 aliphatic heterocycles. The molecule has 0 aliphatic rings. The van der Waals surface area contributed by atoms with Crippen molar-refractivity contribution in [1.29, 1.82) is 0 Å². The van der Waals surface area contributed by atoms with Crippen LogP contribution in [-0.4, -0.2) is 16.9 Å². The van der Waals surface area contributed by atoms with Gasteiger partial charge in [-0.15, -0.1) is 0 Å². The lowest BCUT2D eigenvalue weighted by molar-refractivity contribution is -0.137. The molecule has 0 radical (unpaired) electrons. The van der Waals surface area contributed by atoms with Crippen LogP contribution in [0.4, 0.5) is 24.5 Å². The lowest BCUT2D eigenvalue weighted by Crippen LogP contribution is -2.16. The summed E-state index contributed by atoms with van der Waals surface area (Å²) in [6, 6.07) is 7.86. The maximum Gasteiger partial charge on any atom is 0.416 e. The Bertz CT molecular complexity index is 699. The predicted molar refractivity (Wildman–Crippen MR) is 87.0 cm³/mol. The van der Waals surface area contributed by atoms with Gasteiger partial charge in [0.1, 0.15) is 5.69 Å². The number of halogens is 3. The summed E-state index contributed by atoms with van der Waals surface area (Å²) >= 11 is 0. The standard InChI is InChI=1S/C17H18F3N3O/c1-3-11(2)22-14-8-9-21-15(10-14)16(24)23-13-6-4-12(5-7-13)17(18,19)20/h4-11H,3H2,1-2H3,(H,21,22)(H,23,24). The summed E-state index contributed by atoms with van der Waals surface area (Å²) in [6.07, 6.45) is -1.97. The number of hydrogen-bond donors (Lipinski definition) is 2. The molecule has 7 heteroatoms. The second-order valence-corrected chi connectivity index (χ2v) is 5.41. The Hall–Kier alpha value is -2.57. The van der Waals surface area contributed by atoms with E-state index in [1.54, 1.807) is 12.1 Å². The number of rotatable bonds is 5. The molecule has 1 heterocycles. The summed E-state index contributed by atoms with van der Waals surface area (Å²) in [6.45, 7) is 4.06. The molecular weight excluding hydrogens is 319 g/mol. The van der Waals surface area contributed by atoms with Crippen LogP contribution in [-0.2, 0) is 6.18 Å². The average molecular weight is 337 g/mol. The van der Waals surface area contributed by atoms with E-state index in [0.29, 0.717) is 0 Å². The van der Waals surface area contributed by atoms with Crippen LogP contribution in [0.15, 0.2) is 42.6 Å². The molecule has 0 bridgehead atoms. The summed E-state index contributed by atoms with van der Waals surface area (Å²) in [5.41, 5.74) is 0.452. The monoisotopic (exact) mass is 337 g/mol. The summed E-state index contributed by atoms with van der Waals surface area (Å²) in [4.78, 5) is 16.2. The minimum atomic E-state index is -4.40. The fourth-order valence-electron chi connectivity index (χ4n) is 1.97. The van der Waals surface area contributed by atoms with Gasteiger partial charge in [0.2, 0.25) is 0 Å². The Balaban J connectivity index is 2.08. The van der Waals surface area contributed by atoms with Crippen LogP contribution in [0.2, 0.25) is 0 Å². The van der Waals surface area contributed by atoms with Crippen molar-refractivity contribution in [2.45, 2.75) is 32.5 Å². The van der Waals surface area contributed by atoms with Crippen molar-refractivity contribution in [3.8, 4) is 0 Å². The summed E-state index contributed by atoms with van der Waals surface area (Å²) in [7, 11) is 0. The molecule has 1 unspecified atom stereocenters. The molecule has 0 aliphatic carbocycles. The highest BCUT2D eigenvalue weighted by Gasteiger charge is 2.30. The van der Waals surface area contributed by atoms with Gasteiger partial charge in [-0.1, -0.05) is 6.92 Å². The highest BCUT2D eigenvalue weighted by Crippen LogP contribution is 2.29. The molecule has 24 heavy (non-hydrogen) atoms. The van der Waals surface area contributed by atoms with Gasteiger partial charge in [0, 0.05) is 23.6 Å². The van der Waals surface area contributed by atoms with Crippen molar-refractivity contribution in [2.24, 2.45) is 0 Å². The number of carbonyl (C=O) groups is 1. The van der Waals surface area contributed by atoms with E-state index in [1.807, 2.05) is 13.8 Å². The number of nitrogens with one attached hydrogen (secondary N) is 2. The van der Waals surface area contributed by atoms with Crippen LogP contribution in [0.3, 0.4) is 0 Å². The van der Waals surface area contributed by atoms with Crippen molar-refractivity contribution < 1.29 is 18.0 Å². The van der Waals surface area contributed by atoms with Gasteiger partial charge in [0.05, 0.1) is 5.56 Å². The minimum Gasteiger partial charge on any atom is -0.382 e. The molecule has 1 atom stereocenters. The van der Waals surface area contributed by atoms with Crippen molar-refractivity contribution in [3.05, 3.63) is 53.9 Å². The topological polar surface area (TPSA) is 54.0 Å². The zero-order valence-corrected chi connectivity index (χ0v) is 13.3. The molecule has 2 aromatic rings. The van der Waals surface area contributed by atoms with E-state index >= 15 is 0 Å². The van der Waals surface area contributed by atoms with E-state index in [2.05, 4.69) is 15.6 Å². The first kappa shape index (κ1) is 17.8. The van der Waals surface area contributed by atoms with E-state index in [4.69, 9.17) is 0 Å². The molecule has 128 valence electrons. The van der Waals surface area contributed by atoms with Gasteiger partial charge in [0.15, 0.2) is 0 Å². The number of anilines is 2. The summed E-state index contributed by atoms with van der Waals surface area (Å²) in [5, 5.41) is 5.76. The Morgan fingerprint density at radius 1 is 1.17 bits per heavy atom. The molecule has 2 N–H and O–H groups in total. The number of nitrogens with zero attached hydrogens (tertiary/aromatic N) is 1. The van der Waals surface area contributed by atoms with Crippen molar-refractivity contribution in [3.63, 3.8) is 0 Å². The van der Waals surface area contributed by atoms with Gasteiger partial charge in [0.25, 0.3) is 5.91 Å². The predicted octanol–water partition coefficient (Wildman–Crippen LogP) is 4.56. The van der Waals surface area contributed by atoms with E-state index in [1.165, 1.54) is 18.3 Å². The van der Waals surface area contributed by atoms with Crippen LogP contribution in [0.1, 0.15) is 36.3 Å². The van der Waals surface area contributed by atoms with E-state index in [9.17, 15) is 18.0 Å². The van der Waals surface area contributed by atoms with Crippen LogP contribution >= 0.6 is 0 Å².